The van der Waals surface area contributed by atoms with Crippen LogP contribution in [0.5, 0.6) is 11.5 Å². The zero-order valence-electron chi connectivity index (χ0n) is 21.4. The Labute approximate surface area is 234 Å². The number of fused-ring (bicyclic) bond motifs is 3. The first-order valence-corrected chi connectivity index (χ1v) is 13.8. The van der Waals surface area contributed by atoms with Crippen molar-refractivity contribution in [2.24, 2.45) is 17.8 Å². The van der Waals surface area contributed by atoms with Crippen LogP contribution in [0, 0.1) is 17.8 Å². The van der Waals surface area contributed by atoms with Crippen LogP contribution < -0.4 is 9.64 Å². The average Bonchev–Trinajstić information content (AvgIpc) is 3.18. The van der Waals surface area contributed by atoms with E-state index in [1.54, 1.807) is 43.3 Å². The number of carbonyl (C=O) groups is 4. The first kappa shape index (κ1) is 25.5. The number of hydrogen-bond acceptors (Lipinski definition) is 6. The second-order valence-corrected chi connectivity index (χ2v) is 11.3. The van der Waals surface area contributed by atoms with Gasteiger partial charge in [0.15, 0.2) is 23.1 Å². The molecule has 2 aromatic rings. The van der Waals surface area contributed by atoms with Gasteiger partial charge < -0.3 is 9.84 Å². The Morgan fingerprint density at radius 3 is 2.49 bits per heavy atom. The van der Waals surface area contributed by atoms with Crippen molar-refractivity contribution in [2.75, 3.05) is 11.5 Å². The van der Waals surface area contributed by atoms with Crippen LogP contribution in [-0.4, -0.2) is 35.1 Å². The van der Waals surface area contributed by atoms with E-state index in [4.69, 9.17) is 4.74 Å². The third-order valence-electron chi connectivity index (χ3n) is 8.26. The topological polar surface area (TPSA) is 101 Å². The Balaban J connectivity index is 1.48. The molecule has 0 spiro atoms. The fraction of sp³-hybridized carbons (Fsp3) is 0.290. The molecule has 0 bridgehead atoms. The van der Waals surface area contributed by atoms with Gasteiger partial charge in [-0.1, -0.05) is 33.6 Å². The van der Waals surface area contributed by atoms with Gasteiger partial charge in [0.05, 0.1) is 24.1 Å². The van der Waals surface area contributed by atoms with Gasteiger partial charge in [-0.3, -0.25) is 24.1 Å². The predicted molar refractivity (Wildman–Crippen MR) is 147 cm³/mol. The molecule has 1 fully saturated rings. The number of aromatic hydroxyl groups is 1. The minimum Gasteiger partial charge on any atom is -0.504 e. The lowest BCUT2D eigenvalue weighted by Crippen LogP contribution is -2.39. The molecular formula is C31H26BrNO6. The van der Waals surface area contributed by atoms with Crippen LogP contribution in [0.3, 0.4) is 0 Å². The number of amides is 2. The summed E-state index contributed by atoms with van der Waals surface area (Å²) >= 11 is 3.40. The number of anilines is 1. The zero-order valence-corrected chi connectivity index (χ0v) is 23.0. The highest BCUT2D eigenvalue weighted by Crippen LogP contribution is 2.55. The van der Waals surface area contributed by atoms with Crippen molar-refractivity contribution in [3.05, 3.63) is 86.9 Å². The van der Waals surface area contributed by atoms with E-state index in [0.29, 0.717) is 41.0 Å². The van der Waals surface area contributed by atoms with Crippen LogP contribution in [0.15, 0.2) is 81.4 Å². The summed E-state index contributed by atoms with van der Waals surface area (Å²) in [6, 6.07) is 12.0. The van der Waals surface area contributed by atoms with E-state index in [9.17, 15) is 24.3 Å². The number of allylic oxidation sites excluding steroid dienone is 6. The van der Waals surface area contributed by atoms with Crippen LogP contribution in [0.4, 0.5) is 5.69 Å². The molecule has 1 N–H and O–H groups in total. The van der Waals surface area contributed by atoms with Gasteiger partial charge in [0, 0.05) is 27.1 Å². The van der Waals surface area contributed by atoms with Crippen LogP contribution in [0.1, 0.15) is 38.2 Å². The van der Waals surface area contributed by atoms with Gasteiger partial charge in [-0.05, 0) is 80.6 Å². The minimum absolute atomic E-state index is 0.0247. The molecule has 1 heterocycles. The quantitative estimate of drug-likeness (QED) is 0.300. The lowest BCUT2D eigenvalue weighted by molar-refractivity contribution is -0.123. The summed E-state index contributed by atoms with van der Waals surface area (Å²) in [5, 5.41) is 10.3. The summed E-state index contributed by atoms with van der Waals surface area (Å²) in [4.78, 5) is 55.5. The molecule has 0 saturated carbocycles. The molecule has 1 aliphatic heterocycles. The Bertz CT molecular complexity index is 1550. The number of Topliss-reactive ketones (excluding diaryl/α,β-unsaturated/α-hetero) is 1. The van der Waals surface area contributed by atoms with Crippen molar-refractivity contribution in [3.8, 4) is 11.5 Å². The number of hydrogen-bond donors (Lipinski definition) is 1. The van der Waals surface area contributed by atoms with E-state index in [0.717, 1.165) is 10.0 Å². The van der Waals surface area contributed by atoms with Crippen molar-refractivity contribution in [3.63, 3.8) is 0 Å². The van der Waals surface area contributed by atoms with Gasteiger partial charge in [0.2, 0.25) is 11.8 Å². The number of ether oxygens (including phenoxy) is 1. The molecule has 2 aromatic carbocycles. The Morgan fingerprint density at radius 2 is 1.77 bits per heavy atom. The van der Waals surface area contributed by atoms with E-state index >= 15 is 0 Å². The van der Waals surface area contributed by atoms with E-state index in [2.05, 4.69) is 15.9 Å². The molecule has 198 valence electrons. The molecule has 6 rings (SSSR count). The highest BCUT2D eigenvalue weighted by Gasteiger charge is 2.56. The number of phenols is 1. The second-order valence-electron chi connectivity index (χ2n) is 10.4. The van der Waals surface area contributed by atoms with Crippen LogP contribution in [0.2, 0.25) is 0 Å². The van der Waals surface area contributed by atoms with Crippen molar-refractivity contribution < 1.29 is 29.0 Å². The summed E-state index contributed by atoms with van der Waals surface area (Å²) in [7, 11) is 0. The van der Waals surface area contributed by atoms with E-state index < -0.39 is 23.7 Å². The number of benzene rings is 2. The summed E-state index contributed by atoms with van der Waals surface area (Å²) in [6.45, 7) is 3.78. The molecule has 39 heavy (non-hydrogen) atoms. The summed E-state index contributed by atoms with van der Waals surface area (Å²) in [5.41, 5.74) is 3.23. The first-order chi connectivity index (χ1) is 18.7. The lowest BCUT2D eigenvalue weighted by atomic mass is 9.59. The standard InChI is InChI=1S/C31H26BrNO6/c1-3-39-25-13-16(4-11-23(25)34)26-19-9-10-20-27(21(19)14-22-28(26)24(35)12-15(2)29(22)36)31(38)33(30(20)37)18-7-5-17(32)6-8-18/h4-9,11-13,20-21,26-27,34H,3,10,14H2,1-2H3/t20-,21+,26-,27-/m0/s1. The monoisotopic (exact) mass is 587 g/mol. The maximum Gasteiger partial charge on any atom is 0.238 e. The number of phenolic OH excluding ortho intramolecular Hbond substituents is 1. The maximum absolute atomic E-state index is 13.9. The molecule has 3 aliphatic carbocycles. The molecule has 0 aromatic heterocycles. The van der Waals surface area contributed by atoms with Crippen molar-refractivity contribution in [1.29, 1.82) is 0 Å². The second kappa shape index (κ2) is 9.45. The van der Waals surface area contributed by atoms with Crippen molar-refractivity contribution >= 4 is 45.0 Å². The van der Waals surface area contributed by atoms with Gasteiger partial charge >= 0.3 is 0 Å². The fourth-order valence-corrected chi connectivity index (χ4v) is 6.85. The molecular weight excluding hydrogens is 562 g/mol. The predicted octanol–water partition coefficient (Wildman–Crippen LogP) is 5.19. The molecule has 4 atom stereocenters. The third kappa shape index (κ3) is 3.92. The SMILES string of the molecule is CCOc1cc([C@H]2C3=CC[C@@H]4C(=O)N(c5ccc(Br)cc5)C(=O)[C@@H]4[C@@H]3CC3=C2C(=O)C=C(C)C3=O)ccc1O. The Morgan fingerprint density at radius 1 is 1.03 bits per heavy atom. The normalized spacial score (nSPS) is 26.2. The van der Waals surface area contributed by atoms with Gasteiger partial charge in [-0.15, -0.1) is 0 Å². The molecule has 8 heteroatoms. The van der Waals surface area contributed by atoms with Crippen LogP contribution in [-0.2, 0) is 19.2 Å². The highest BCUT2D eigenvalue weighted by atomic mass is 79.9. The van der Waals surface area contributed by atoms with Gasteiger partial charge in [0.1, 0.15) is 0 Å². The molecule has 0 radical (unpaired) electrons. The van der Waals surface area contributed by atoms with E-state index in [-0.39, 0.29) is 41.3 Å². The number of nitrogens with zero attached hydrogens (tertiary/aromatic N) is 1. The number of imide groups is 1. The van der Waals surface area contributed by atoms with Crippen LogP contribution >= 0.6 is 15.9 Å². The number of rotatable bonds is 4. The lowest BCUT2D eigenvalue weighted by Gasteiger charge is -2.42. The van der Waals surface area contributed by atoms with Gasteiger partial charge in [0.25, 0.3) is 0 Å². The number of carbonyl (C=O) groups excluding carboxylic acids is 4. The highest BCUT2D eigenvalue weighted by molar-refractivity contribution is 9.10. The third-order valence-corrected chi connectivity index (χ3v) is 8.79. The van der Waals surface area contributed by atoms with Gasteiger partial charge in [-0.2, -0.15) is 0 Å². The largest absolute Gasteiger partial charge is 0.504 e. The zero-order chi connectivity index (χ0) is 27.6. The maximum atomic E-state index is 13.9. The average molecular weight is 588 g/mol. The summed E-state index contributed by atoms with van der Waals surface area (Å²) in [5.74, 6) is -2.91. The van der Waals surface area contributed by atoms with E-state index in [1.165, 1.54) is 17.0 Å². The molecule has 0 unspecified atom stereocenters. The van der Waals surface area contributed by atoms with Crippen molar-refractivity contribution in [2.45, 2.75) is 32.6 Å². The van der Waals surface area contributed by atoms with Crippen LogP contribution in [0.25, 0.3) is 0 Å². The number of ketones is 2. The first-order valence-electron chi connectivity index (χ1n) is 13.0. The smallest absolute Gasteiger partial charge is 0.238 e. The fourth-order valence-electron chi connectivity index (χ4n) is 6.59. The molecule has 4 aliphatic rings. The Hall–Kier alpha value is -3.78. The molecule has 1 saturated heterocycles. The van der Waals surface area contributed by atoms with E-state index in [1.807, 2.05) is 13.0 Å². The summed E-state index contributed by atoms with van der Waals surface area (Å²) < 4.78 is 6.46. The summed E-state index contributed by atoms with van der Waals surface area (Å²) in [6.07, 6.45) is 3.94. The number of halogens is 1. The van der Waals surface area contributed by atoms with Crippen molar-refractivity contribution in [1.82, 2.24) is 0 Å². The molecule has 2 amide bonds. The van der Waals surface area contributed by atoms with Gasteiger partial charge in [-0.25, -0.2) is 0 Å². The molecule has 7 nitrogen and oxygen atoms in total. The Kier molecular flexibility index (Phi) is 6.18. The minimum atomic E-state index is -0.643.